The highest BCUT2D eigenvalue weighted by molar-refractivity contribution is 9.10. The van der Waals surface area contributed by atoms with Gasteiger partial charge < -0.3 is 10.1 Å². The van der Waals surface area contributed by atoms with Crippen LogP contribution in [0.25, 0.3) is 0 Å². The standard InChI is InChI=1S/C14H17BrN2OS/c1-3-12(14-16-6-7-19-14)17-9-10-4-5-13(18-2)11(15)8-10/h4-8,12,17H,3,9H2,1-2H3. The summed E-state index contributed by atoms with van der Waals surface area (Å²) in [5.74, 6) is 0.857. The second-order valence-corrected chi connectivity index (χ2v) is 5.96. The van der Waals surface area contributed by atoms with Gasteiger partial charge in [0.05, 0.1) is 17.6 Å². The van der Waals surface area contributed by atoms with Crippen LogP contribution in [-0.2, 0) is 6.54 Å². The van der Waals surface area contributed by atoms with Gasteiger partial charge in [-0.1, -0.05) is 13.0 Å². The van der Waals surface area contributed by atoms with Crippen LogP contribution in [0.1, 0.15) is 30.0 Å². The fourth-order valence-corrected chi connectivity index (χ4v) is 3.26. The normalized spacial score (nSPS) is 12.4. The van der Waals surface area contributed by atoms with Crippen LogP contribution >= 0.6 is 27.3 Å². The minimum atomic E-state index is 0.320. The SMILES string of the molecule is CCC(NCc1ccc(OC)c(Br)c1)c1nccs1. The van der Waals surface area contributed by atoms with Crippen LogP contribution in [0.3, 0.4) is 0 Å². The molecule has 5 heteroatoms. The first-order chi connectivity index (χ1) is 9.24. The van der Waals surface area contributed by atoms with Crippen molar-refractivity contribution in [1.82, 2.24) is 10.3 Å². The van der Waals surface area contributed by atoms with Crippen LogP contribution in [-0.4, -0.2) is 12.1 Å². The first-order valence-corrected chi connectivity index (χ1v) is 7.87. The van der Waals surface area contributed by atoms with Gasteiger partial charge in [-0.2, -0.15) is 0 Å². The molecule has 1 N–H and O–H groups in total. The number of rotatable bonds is 6. The van der Waals surface area contributed by atoms with Crippen molar-refractivity contribution in [3.63, 3.8) is 0 Å². The number of methoxy groups -OCH3 is 1. The number of ether oxygens (including phenoxy) is 1. The third kappa shape index (κ3) is 3.78. The van der Waals surface area contributed by atoms with Crippen molar-refractivity contribution in [1.29, 1.82) is 0 Å². The summed E-state index contributed by atoms with van der Waals surface area (Å²) < 4.78 is 6.21. The summed E-state index contributed by atoms with van der Waals surface area (Å²) in [6.07, 6.45) is 2.89. The van der Waals surface area contributed by atoms with Gasteiger partial charge in [0.1, 0.15) is 10.8 Å². The Hall–Kier alpha value is -0.910. The van der Waals surface area contributed by atoms with Crippen LogP contribution in [0.2, 0.25) is 0 Å². The summed E-state index contributed by atoms with van der Waals surface area (Å²) in [4.78, 5) is 4.37. The van der Waals surface area contributed by atoms with E-state index < -0.39 is 0 Å². The van der Waals surface area contributed by atoms with Gasteiger partial charge in [-0.05, 0) is 40.0 Å². The molecule has 0 amide bonds. The van der Waals surface area contributed by atoms with Gasteiger partial charge in [0.25, 0.3) is 0 Å². The summed E-state index contributed by atoms with van der Waals surface area (Å²) in [5, 5.41) is 6.70. The van der Waals surface area contributed by atoms with E-state index >= 15 is 0 Å². The second kappa shape index (κ2) is 7.03. The van der Waals surface area contributed by atoms with Gasteiger partial charge in [-0.15, -0.1) is 11.3 Å². The van der Waals surface area contributed by atoms with Crippen molar-refractivity contribution in [2.45, 2.75) is 25.9 Å². The molecule has 19 heavy (non-hydrogen) atoms. The summed E-state index contributed by atoms with van der Waals surface area (Å²) in [7, 11) is 1.67. The molecule has 0 spiro atoms. The van der Waals surface area contributed by atoms with E-state index in [1.54, 1.807) is 18.4 Å². The number of thiazole rings is 1. The van der Waals surface area contributed by atoms with Crippen molar-refractivity contribution in [3.8, 4) is 5.75 Å². The van der Waals surface area contributed by atoms with Gasteiger partial charge in [0, 0.05) is 18.1 Å². The van der Waals surface area contributed by atoms with Crippen molar-refractivity contribution in [2.75, 3.05) is 7.11 Å². The molecule has 3 nitrogen and oxygen atoms in total. The van der Waals surface area contributed by atoms with Crippen molar-refractivity contribution in [3.05, 3.63) is 44.8 Å². The lowest BCUT2D eigenvalue weighted by atomic mass is 10.2. The first-order valence-electron chi connectivity index (χ1n) is 6.19. The Morgan fingerprint density at radius 1 is 1.47 bits per heavy atom. The summed E-state index contributed by atoms with van der Waals surface area (Å²) >= 11 is 5.20. The molecule has 0 saturated carbocycles. The van der Waals surface area contributed by atoms with E-state index in [1.807, 2.05) is 17.6 Å². The van der Waals surface area contributed by atoms with Crippen LogP contribution in [0.15, 0.2) is 34.2 Å². The number of aromatic nitrogens is 1. The third-order valence-electron chi connectivity index (χ3n) is 2.93. The fourth-order valence-electron chi connectivity index (χ4n) is 1.87. The molecule has 1 unspecified atom stereocenters. The van der Waals surface area contributed by atoms with Gasteiger partial charge in [0.15, 0.2) is 0 Å². The lowest BCUT2D eigenvalue weighted by Crippen LogP contribution is -2.20. The number of nitrogens with zero attached hydrogens (tertiary/aromatic N) is 1. The molecule has 2 aromatic rings. The number of hydrogen-bond acceptors (Lipinski definition) is 4. The highest BCUT2D eigenvalue weighted by Gasteiger charge is 2.11. The maximum atomic E-state index is 5.23. The average molecular weight is 341 g/mol. The van der Waals surface area contributed by atoms with Gasteiger partial charge >= 0.3 is 0 Å². The van der Waals surface area contributed by atoms with E-state index in [4.69, 9.17) is 4.74 Å². The Labute approximate surface area is 126 Å². The number of benzene rings is 1. The summed E-state index contributed by atoms with van der Waals surface area (Å²) in [6.45, 7) is 2.99. The highest BCUT2D eigenvalue weighted by Crippen LogP contribution is 2.26. The Morgan fingerprint density at radius 2 is 2.32 bits per heavy atom. The number of hydrogen-bond donors (Lipinski definition) is 1. The molecule has 0 bridgehead atoms. The van der Waals surface area contributed by atoms with Gasteiger partial charge in [0.2, 0.25) is 0 Å². The topological polar surface area (TPSA) is 34.1 Å². The molecular weight excluding hydrogens is 324 g/mol. The Balaban J connectivity index is 1.99. The zero-order valence-corrected chi connectivity index (χ0v) is 13.4. The third-order valence-corrected chi connectivity index (χ3v) is 4.44. The van der Waals surface area contributed by atoms with E-state index in [9.17, 15) is 0 Å². The van der Waals surface area contributed by atoms with Gasteiger partial charge in [-0.25, -0.2) is 4.98 Å². The monoisotopic (exact) mass is 340 g/mol. The molecule has 0 aliphatic carbocycles. The Kier molecular flexibility index (Phi) is 5.36. The zero-order valence-electron chi connectivity index (χ0n) is 11.0. The smallest absolute Gasteiger partial charge is 0.133 e. The Bertz CT molecular complexity index is 516. The van der Waals surface area contributed by atoms with Crippen LogP contribution < -0.4 is 10.1 Å². The predicted octanol–water partition coefficient (Wildman–Crippen LogP) is 4.16. The molecule has 1 atom stereocenters. The van der Waals surface area contributed by atoms with Crippen LogP contribution in [0, 0.1) is 0 Å². The largest absolute Gasteiger partial charge is 0.496 e. The molecule has 0 aliphatic rings. The summed E-state index contributed by atoms with van der Waals surface area (Å²) in [5.41, 5.74) is 1.22. The molecule has 1 aromatic carbocycles. The number of nitrogens with one attached hydrogen (secondary N) is 1. The van der Waals surface area contributed by atoms with E-state index in [-0.39, 0.29) is 0 Å². The minimum absolute atomic E-state index is 0.320. The van der Waals surface area contributed by atoms with Crippen molar-refractivity contribution in [2.24, 2.45) is 0 Å². The highest BCUT2D eigenvalue weighted by atomic mass is 79.9. The molecule has 0 saturated heterocycles. The van der Waals surface area contributed by atoms with Crippen molar-refractivity contribution < 1.29 is 4.74 Å². The Morgan fingerprint density at radius 3 is 2.89 bits per heavy atom. The zero-order chi connectivity index (χ0) is 13.7. The molecule has 102 valence electrons. The second-order valence-electron chi connectivity index (χ2n) is 4.18. The molecule has 0 aliphatic heterocycles. The average Bonchev–Trinajstić information content (AvgIpc) is 2.94. The number of halogens is 1. The van der Waals surface area contributed by atoms with E-state index in [2.05, 4.69) is 45.3 Å². The molecule has 0 radical (unpaired) electrons. The minimum Gasteiger partial charge on any atom is -0.496 e. The molecule has 2 rings (SSSR count). The lowest BCUT2D eigenvalue weighted by Gasteiger charge is -2.15. The summed E-state index contributed by atoms with van der Waals surface area (Å²) in [6, 6.07) is 6.46. The van der Waals surface area contributed by atoms with Crippen LogP contribution in [0.5, 0.6) is 5.75 Å². The van der Waals surface area contributed by atoms with Gasteiger partial charge in [-0.3, -0.25) is 0 Å². The lowest BCUT2D eigenvalue weighted by molar-refractivity contribution is 0.412. The molecule has 0 fully saturated rings. The molecular formula is C14H17BrN2OS. The predicted molar refractivity (Wildman–Crippen MR) is 82.7 cm³/mol. The van der Waals surface area contributed by atoms with E-state index in [0.29, 0.717) is 6.04 Å². The fraction of sp³-hybridized carbons (Fsp3) is 0.357. The first kappa shape index (κ1) is 14.5. The van der Waals surface area contributed by atoms with E-state index in [1.165, 1.54) is 5.56 Å². The maximum absolute atomic E-state index is 5.23. The maximum Gasteiger partial charge on any atom is 0.133 e. The quantitative estimate of drug-likeness (QED) is 0.857. The van der Waals surface area contributed by atoms with E-state index in [0.717, 1.165) is 28.2 Å². The molecule has 1 heterocycles. The van der Waals surface area contributed by atoms with Crippen LogP contribution in [0.4, 0.5) is 0 Å². The van der Waals surface area contributed by atoms with Crippen molar-refractivity contribution >= 4 is 27.3 Å². The molecule has 1 aromatic heterocycles.